The summed E-state index contributed by atoms with van der Waals surface area (Å²) in [5.74, 6) is 0.217. The van der Waals surface area contributed by atoms with E-state index in [-0.39, 0.29) is 24.3 Å². The van der Waals surface area contributed by atoms with Crippen molar-refractivity contribution >= 4 is 17.8 Å². The zero-order chi connectivity index (χ0) is 16.9. The van der Waals surface area contributed by atoms with E-state index in [9.17, 15) is 14.7 Å². The number of carbonyl (C=O) groups excluding carboxylic acids is 1. The second-order valence-corrected chi connectivity index (χ2v) is 6.93. The quantitative estimate of drug-likeness (QED) is 0.844. The topological polar surface area (TPSA) is 95.9 Å². The van der Waals surface area contributed by atoms with Crippen LogP contribution >= 0.6 is 0 Å². The number of carbonyl (C=O) groups is 2. The molecule has 128 valence electrons. The van der Waals surface area contributed by atoms with Gasteiger partial charge in [0.1, 0.15) is 5.41 Å². The van der Waals surface area contributed by atoms with Gasteiger partial charge in [-0.2, -0.15) is 4.98 Å². The SMILES string of the molecule is COc1ccnc(N2C[C@@H]3CN(C(=O)C4CC4)C[C@]3(C(=O)O)C2)n1. The van der Waals surface area contributed by atoms with Crippen molar-refractivity contribution in [2.75, 3.05) is 38.2 Å². The molecular weight excluding hydrogens is 312 g/mol. The second kappa shape index (κ2) is 5.32. The molecule has 1 amide bonds. The third-order valence-corrected chi connectivity index (χ3v) is 5.38. The van der Waals surface area contributed by atoms with E-state index in [4.69, 9.17) is 4.74 Å². The molecule has 4 rings (SSSR count). The number of ether oxygens (including phenoxy) is 1. The predicted molar refractivity (Wildman–Crippen MR) is 83.7 cm³/mol. The molecule has 1 aromatic heterocycles. The lowest BCUT2D eigenvalue weighted by atomic mass is 9.81. The number of rotatable bonds is 4. The minimum Gasteiger partial charge on any atom is -0.481 e. The molecule has 1 N–H and O–H groups in total. The standard InChI is InChI=1S/C16H20N4O4/c1-24-12-4-5-17-15(18-12)20-7-11-6-19(13(21)10-2-3-10)8-16(11,9-20)14(22)23/h4-5,10-11H,2-3,6-9H2,1H3,(H,22,23)/t11-,16-/m0/s1. The molecule has 0 aromatic carbocycles. The number of anilines is 1. The summed E-state index contributed by atoms with van der Waals surface area (Å²) in [4.78, 5) is 36.5. The zero-order valence-corrected chi connectivity index (χ0v) is 13.5. The second-order valence-electron chi connectivity index (χ2n) is 6.93. The normalized spacial score (nSPS) is 28.8. The molecule has 3 fully saturated rings. The molecule has 3 heterocycles. The van der Waals surface area contributed by atoms with Gasteiger partial charge in [0, 0.05) is 50.3 Å². The predicted octanol–water partition coefficient (Wildman–Crippen LogP) is 0.245. The number of likely N-dealkylation sites (tertiary alicyclic amines) is 1. The van der Waals surface area contributed by atoms with Crippen molar-refractivity contribution in [3.63, 3.8) is 0 Å². The van der Waals surface area contributed by atoms with Crippen molar-refractivity contribution in [2.24, 2.45) is 17.3 Å². The van der Waals surface area contributed by atoms with Crippen molar-refractivity contribution < 1.29 is 19.4 Å². The van der Waals surface area contributed by atoms with E-state index >= 15 is 0 Å². The first kappa shape index (κ1) is 15.2. The third kappa shape index (κ3) is 2.28. The van der Waals surface area contributed by atoms with Gasteiger partial charge in [0.2, 0.25) is 17.7 Å². The van der Waals surface area contributed by atoms with E-state index in [2.05, 4.69) is 9.97 Å². The highest BCUT2D eigenvalue weighted by Crippen LogP contribution is 2.45. The molecule has 2 aliphatic heterocycles. The number of aromatic nitrogens is 2. The van der Waals surface area contributed by atoms with E-state index in [1.54, 1.807) is 17.2 Å². The van der Waals surface area contributed by atoms with Gasteiger partial charge in [0.05, 0.1) is 7.11 Å². The lowest BCUT2D eigenvalue weighted by Crippen LogP contribution is -2.42. The van der Waals surface area contributed by atoms with Crippen molar-refractivity contribution in [3.8, 4) is 5.88 Å². The Morgan fingerprint density at radius 1 is 1.33 bits per heavy atom. The fourth-order valence-corrected chi connectivity index (χ4v) is 3.87. The van der Waals surface area contributed by atoms with Crippen LogP contribution in [0.2, 0.25) is 0 Å². The van der Waals surface area contributed by atoms with Gasteiger partial charge in [-0.3, -0.25) is 9.59 Å². The number of hydrogen-bond donors (Lipinski definition) is 1. The van der Waals surface area contributed by atoms with E-state index in [0.29, 0.717) is 31.5 Å². The van der Waals surface area contributed by atoms with Crippen LogP contribution in [0.15, 0.2) is 12.3 Å². The number of amides is 1. The summed E-state index contributed by atoms with van der Waals surface area (Å²) in [6, 6.07) is 1.66. The first-order valence-electron chi connectivity index (χ1n) is 8.17. The Morgan fingerprint density at radius 3 is 2.75 bits per heavy atom. The summed E-state index contributed by atoms with van der Waals surface area (Å²) in [6.07, 6.45) is 3.47. The Hall–Kier alpha value is -2.38. The maximum Gasteiger partial charge on any atom is 0.313 e. The Bertz CT molecular complexity index is 692. The van der Waals surface area contributed by atoms with Gasteiger partial charge in [-0.25, -0.2) is 4.98 Å². The van der Waals surface area contributed by atoms with Crippen LogP contribution in [0.3, 0.4) is 0 Å². The van der Waals surface area contributed by atoms with Gasteiger partial charge in [0.25, 0.3) is 0 Å². The van der Waals surface area contributed by atoms with Crippen molar-refractivity contribution in [3.05, 3.63) is 12.3 Å². The van der Waals surface area contributed by atoms with Crippen molar-refractivity contribution in [1.29, 1.82) is 0 Å². The average molecular weight is 332 g/mol. The Kier molecular flexibility index (Phi) is 3.36. The molecule has 1 aliphatic carbocycles. The van der Waals surface area contributed by atoms with Gasteiger partial charge < -0.3 is 19.6 Å². The Morgan fingerprint density at radius 2 is 2.12 bits per heavy atom. The summed E-state index contributed by atoms with van der Waals surface area (Å²) in [6.45, 7) is 1.63. The van der Waals surface area contributed by atoms with Gasteiger partial charge in [-0.15, -0.1) is 0 Å². The van der Waals surface area contributed by atoms with Crippen LogP contribution in [0.1, 0.15) is 12.8 Å². The molecule has 2 atom stereocenters. The number of fused-ring (bicyclic) bond motifs is 1. The maximum atomic E-state index is 12.3. The molecule has 0 unspecified atom stereocenters. The van der Waals surface area contributed by atoms with E-state index in [0.717, 1.165) is 12.8 Å². The van der Waals surface area contributed by atoms with E-state index < -0.39 is 11.4 Å². The first-order chi connectivity index (χ1) is 11.5. The fraction of sp³-hybridized carbons (Fsp3) is 0.625. The van der Waals surface area contributed by atoms with Gasteiger partial charge in [0.15, 0.2) is 0 Å². The largest absolute Gasteiger partial charge is 0.481 e. The molecular formula is C16H20N4O4. The van der Waals surface area contributed by atoms with Gasteiger partial charge >= 0.3 is 5.97 Å². The van der Waals surface area contributed by atoms with Crippen LogP contribution < -0.4 is 9.64 Å². The van der Waals surface area contributed by atoms with Crippen LogP contribution in [-0.2, 0) is 9.59 Å². The zero-order valence-electron chi connectivity index (χ0n) is 13.5. The molecule has 0 spiro atoms. The van der Waals surface area contributed by atoms with Gasteiger partial charge in [-0.05, 0) is 12.8 Å². The summed E-state index contributed by atoms with van der Waals surface area (Å²) in [5, 5.41) is 9.86. The molecule has 1 saturated carbocycles. The molecule has 8 heteroatoms. The smallest absolute Gasteiger partial charge is 0.313 e. The number of methoxy groups -OCH3 is 1. The highest BCUT2D eigenvalue weighted by atomic mass is 16.5. The number of nitrogens with zero attached hydrogens (tertiary/aromatic N) is 4. The van der Waals surface area contributed by atoms with Crippen molar-refractivity contribution in [2.45, 2.75) is 12.8 Å². The van der Waals surface area contributed by atoms with Crippen LogP contribution in [0.4, 0.5) is 5.95 Å². The molecule has 2 saturated heterocycles. The van der Waals surface area contributed by atoms with E-state index in [1.807, 2.05) is 4.90 Å². The third-order valence-electron chi connectivity index (χ3n) is 5.38. The lowest BCUT2D eigenvalue weighted by molar-refractivity contribution is -0.148. The Labute approximate surface area is 139 Å². The highest BCUT2D eigenvalue weighted by Gasteiger charge is 2.59. The minimum absolute atomic E-state index is 0.104. The monoisotopic (exact) mass is 332 g/mol. The first-order valence-corrected chi connectivity index (χ1v) is 8.17. The number of carboxylic acids is 1. The highest BCUT2D eigenvalue weighted by molar-refractivity contribution is 5.84. The number of aliphatic carboxylic acids is 1. The summed E-state index contributed by atoms with van der Waals surface area (Å²) >= 11 is 0. The summed E-state index contributed by atoms with van der Waals surface area (Å²) < 4.78 is 5.12. The van der Waals surface area contributed by atoms with Gasteiger partial charge in [-0.1, -0.05) is 0 Å². The van der Waals surface area contributed by atoms with E-state index in [1.165, 1.54) is 7.11 Å². The van der Waals surface area contributed by atoms with Crippen LogP contribution in [0, 0.1) is 17.3 Å². The van der Waals surface area contributed by atoms with Crippen LogP contribution in [0.5, 0.6) is 5.88 Å². The van der Waals surface area contributed by atoms with Crippen LogP contribution in [0.25, 0.3) is 0 Å². The Balaban J connectivity index is 1.56. The fourth-order valence-electron chi connectivity index (χ4n) is 3.87. The number of carboxylic acid groups (broad SMARTS) is 1. The molecule has 24 heavy (non-hydrogen) atoms. The summed E-state index contributed by atoms with van der Waals surface area (Å²) in [7, 11) is 1.53. The summed E-state index contributed by atoms with van der Waals surface area (Å²) in [5.41, 5.74) is -0.934. The van der Waals surface area contributed by atoms with Crippen molar-refractivity contribution in [1.82, 2.24) is 14.9 Å². The molecule has 0 bridgehead atoms. The number of hydrogen-bond acceptors (Lipinski definition) is 6. The lowest BCUT2D eigenvalue weighted by Gasteiger charge is -2.25. The maximum absolute atomic E-state index is 12.3. The molecule has 3 aliphatic rings. The molecule has 8 nitrogen and oxygen atoms in total. The molecule has 1 aromatic rings. The average Bonchev–Trinajstić information content (AvgIpc) is 3.26. The minimum atomic E-state index is -0.934. The molecule has 0 radical (unpaired) electrons. The van der Waals surface area contributed by atoms with Crippen LogP contribution in [-0.4, -0.2) is 65.1 Å².